The summed E-state index contributed by atoms with van der Waals surface area (Å²) in [5, 5.41) is 5.73. The Kier molecular flexibility index (Phi) is 5.39. The van der Waals surface area contributed by atoms with Gasteiger partial charge in [-0.05, 0) is 18.1 Å². The topological polar surface area (TPSA) is 70.8 Å². The zero-order chi connectivity index (χ0) is 20.8. The van der Waals surface area contributed by atoms with E-state index in [9.17, 15) is 8.42 Å². The van der Waals surface area contributed by atoms with Crippen molar-refractivity contribution in [2.45, 2.75) is 44.6 Å². The fraction of sp³-hybridized carbons (Fsp3) is 0.500. The van der Waals surface area contributed by atoms with Gasteiger partial charge in [-0.3, -0.25) is 0 Å². The van der Waals surface area contributed by atoms with Crippen LogP contribution < -0.4 is 4.90 Å². The lowest BCUT2D eigenvalue weighted by atomic mass is 10.2. The smallest absolute Gasteiger partial charge is 0.262 e. The van der Waals surface area contributed by atoms with Gasteiger partial charge >= 0.3 is 0 Å². The van der Waals surface area contributed by atoms with Crippen LogP contribution in [-0.4, -0.2) is 53.5 Å². The summed E-state index contributed by atoms with van der Waals surface area (Å²) in [6.45, 7) is 10.3. The van der Waals surface area contributed by atoms with Crippen LogP contribution in [0.2, 0.25) is 0 Å². The highest BCUT2D eigenvalue weighted by Crippen LogP contribution is 2.32. The standard InChI is InChI=1S/C20H27N5O2S2/c1-14(2)17-19(25-20(21-17)28-18(22-25)15(3)4)29(26,27)24-12-10-23(11-13-24)16-8-6-5-7-9-16/h5-9,14-15H,10-13H2,1-4H3. The molecule has 1 aliphatic heterocycles. The van der Waals surface area contributed by atoms with E-state index in [1.54, 1.807) is 8.82 Å². The zero-order valence-corrected chi connectivity index (χ0v) is 18.9. The minimum absolute atomic E-state index is 0.00165. The Balaban J connectivity index is 1.66. The number of imidazole rings is 1. The van der Waals surface area contributed by atoms with E-state index in [-0.39, 0.29) is 16.9 Å². The minimum Gasteiger partial charge on any atom is -0.369 e. The molecule has 3 heterocycles. The Morgan fingerprint density at radius 3 is 2.21 bits per heavy atom. The molecule has 1 fully saturated rings. The number of fused-ring (bicyclic) bond motifs is 1. The number of piperazine rings is 1. The van der Waals surface area contributed by atoms with Crippen molar-refractivity contribution < 1.29 is 8.42 Å². The summed E-state index contributed by atoms with van der Waals surface area (Å²) in [5.41, 5.74) is 1.73. The molecule has 1 aromatic carbocycles. The van der Waals surface area contributed by atoms with Gasteiger partial charge in [-0.2, -0.15) is 13.9 Å². The van der Waals surface area contributed by atoms with Gasteiger partial charge in [0, 0.05) is 37.8 Å². The Morgan fingerprint density at radius 2 is 1.62 bits per heavy atom. The largest absolute Gasteiger partial charge is 0.369 e. The Hall–Kier alpha value is -1.97. The number of para-hydroxylation sites is 1. The van der Waals surface area contributed by atoms with Crippen LogP contribution in [0.5, 0.6) is 0 Å². The number of aromatic nitrogens is 3. The minimum atomic E-state index is -3.69. The molecule has 0 aliphatic carbocycles. The number of hydrogen-bond acceptors (Lipinski definition) is 6. The van der Waals surface area contributed by atoms with Crippen molar-refractivity contribution in [1.29, 1.82) is 0 Å². The second-order valence-corrected chi connectivity index (χ2v) is 10.8. The predicted molar refractivity (Wildman–Crippen MR) is 116 cm³/mol. The van der Waals surface area contributed by atoms with Crippen molar-refractivity contribution in [3.05, 3.63) is 41.0 Å². The van der Waals surface area contributed by atoms with Crippen molar-refractivity contribution >= 4 is 32.0 Å². The molecule has 0 atom stereocenters. The molecule has 156 valence electrons. The summed E-state index contributed by atoms with van der Waals surface area (Å²) in [6, 6.07) is 10.1. The van der Waals surface area contributed by atoms with Gasteiger partial charge in [-0.25, -0.2) is 13.4 Å². The molecule has 9 heteroatoms. The van der Waals surface area contributed by atoms with E-state index in [1.165, 1.54) is 11.3 Å². The average Bonchev–Trinajstić information content (AvgIpc) is 3.27. The third-order valence-electron chi connectivity index (χ3n) is 5.19. The summed E-state index contributed by atoms with van der Waals surface area (Å²) in [4.78, 5) is 7.52. The van der Waals surface area contributed by atoms with Crippen LogP contribution in [0.4, 0.5) is 5.69 Å². The average molecular weight is 434 g/mol. The van der Waals surface area contributed by atoms with E-state index >= 15 is 0 Å². The van der Waals surface area contributed by atoms with Gasteiger partial charge in [-0.1, -0.05) is 57.2 Å². The molecule has 0 amide bonds. The molecular formula is C20H27N5O2S2. The quantitative estimate of drug-likeness (QED) is 0.615. The second-order valence-electron chi connectivity index (χ2n) is 7.97. The molecule has 1 saturated heterocycles. The molecule has 0 spiro atoms. The summed E-state index contributed by atoms with van der Waals surface area (Å²) < 4.78 is 30.4. The fourth-order valence-electron chi connectivity index (χ4n) is 3.56. The first-order chi connectivity index (χ1) is 13.8. The molecule has 2 aromatic heterocycles. The van der Waals surface area contributed by atoms with Crippen LogP contribution in [0, 0.1) is 0 Å². The van der Waals surface area contributed by atoms with E-state index in [0.29, 0.717) is 36.8 Å². The van der Waals surface area contributed by atoms with Gasteiger partial charge in [0.15, 0.2) is 5.03 Å². The number of sulfonamides is 1. The molecule has 29 heavy (non-hydrogen) atoms. The lowest BCUT2D eigenvalue weighted by Gasteiger charge is -2.35. The van der Waals surface area contributed by atoms with Crippen molar-refractivity contribution in [2.24, 2.45) is 0 Å². The highest BCUT2D eigenvalue weighted by molar-refractivity contribution is 7.89. The first-order valence-electron chi connectivity index (χ1n) is 9.98. The zero-order valence-electron chi connectivity index (χ0n) is 17.2. The number of anilines is 1. The number of nitrogens with zero attached hydrogens (tertiary/aromatic N) is 5. The van der Waals surface area contributed by atoms with Crippen LogP contribution in [0.15, 0.2) is 35.4 Å². The number of hydrogen-bond donors (Lipinski definition) is 0. The first-order valence-corrected chi connectivity index (χ1v) is 12.2. The molecule has 0 radical (unpaired) electrons. The normalized spacial score (nSPS) is 16.4. The van der Waals surface area contributed by atoms with E-state index in [2.05, 4.69) is 41.0 Å². The van der Waals surface area contributed by atoms with Gasteiger partial charge in [0.2, 0.25) is 4.96 Å². The maximum Gasteiger partial charge on any atom is 0.262 e. The van der Waals surface area contributed by atoms with Crippen LogP contribution in [0.1, 0.15) is 50.2 Å². The Bertz CT molecular complexity index is 1090. The van der Waals surface area contributed by atoms with Crippen LogP contribution >= 0.6 is 11.3 Å². The third kappa shape index (κ3) is 3.67. The maximum atomic E-state index is 13.6. The fourth-order valence-corrected chi connectivity index (χ4v) is 6.30. The second kappa shape index (κ2) is 7.70. The Labute approximate surface area is 176 Å². The van der Waals surface area contributed by atoms with Crippen LogP contribution in [0.3, 0.4) is 0 Å². The molecule has 0 bridgehead atoms. The monoisotopic (exact) mass is 433 g/mol. The van der Waals surface area contributed by atoms with Crippen molar-refractivity contribution in [1.82, 2.24) is 18.9 Å². The van der Waals surface area contributed by atoms with E-state index < -0.39 is 10.0 Å². The van der Waals surface area contributed by atoms with Gasteiger partial charge in [0.25, 0.3) is 10.0 Å². The first kappa shape index (κ1) is 20.3. The van der Waals surface area contributed by atoms with Crippen molar-refractivity contribution in [2.75, 3.05) is 31.1 Å². The summed E-state index contributed by atoms with van der Waals surface area (Å²) in [7, 11) is -3.69. The molecule has 1 aliphatic rings. The Morgan fingerprint density at radius 1 is 0.966 bits per heavy atom. The maximum absolute atomic E-state index is 13.6. The lowest BCUT2D eigenvalue weighted by Crippen LogP contribution is -2.49. The van der Waals surface area contributed by atoms with Gasteiger partial charge in [-0.15, -0.1) is 0 Å². The van der Waals surface area contributed by atoms with E-state index in [4.69, 9.17) is 0 Å². The molecular weight excluding hydrogens is 406 g/mol. The summed E-state index contributed by atoms with van der Waals surface area (Å²) >= 11 is 1.47. The number of rotatable bonds is 5. The molecule has 0 N–H and O–H groups in total. The van der Waals surface area contributed by atoms with Crippen molar-refractivity contribution in [3.8, 4) is 0 Å². The molecule has 0 saturated carbocycles. The summed E-state index contributed by atoms with van der Waals surface area (Å²) in [6.07, 6.45) is 0. The predicted octanol–water partition coefficient (Wildman–Crippen LogP) is 3.55. The van der Waals surface area contributed by atoms with Gasteiger partial charge in [0.05, 0.1) is 5.69 Å². The van der Waals surface area contributed by atoms with Crippen LogP contribution in [0.25, 0.3) is 4.96 Å². The molecule has 7 nitrogen and oxygen atoms in total. The molecule has 0 unspecified atom stereocenters. The van der Waals surface area contributed by atoms with Crippen molar-refractivity contribution in [3.63, 3.8) is 0 Å². The number of benzene rings is 1. The van der Waals surface area contributed by atoms with E-state index in [1.807, 2.05) is 32.0 Å². The molecule has 4 rings (SSSR count). The van der Waals surface area contributed by atoms with Crippen LogP contribution in [-0.2, 0) is 10.0 Å². The summed E-state index contributed by atoms with van der Waals surface area (Å²) in [5.74, 6) is 0.232. The lowest BCUT2D eigenvalue weighted by molar-refractivity contribution is 0.381. The highest BCUT2D eigenvalue weighted by Gasteiger charge is 2.36. The highest BCUT2D eigenvalue weighted by atomic mass is 32.2. The molecule has 3 aromatic rings. The SMILES string of the molecule is CC(C)c1nn2c(S(=O)(=O)N3CCN(c4ccccc4)CC3)c(C(C)C)nc2s1. The van der Waals surface area contributed by atoms with Gasteiger partial charge in [0.1, 0.15) is 5.01 Å². The van der Waals surface area contributed by atoms with Gasteiger partial charge < -0.3 is 4.90 Å². The van der Waals surface area contributed by atoms with E-state index in [0.717, 1.165) is 10.7 Å². The third-order valence-corrected chi connectivity index (χ3v) is 8.31.